The zero-order valence-corrected chi connectivity index (χ0v) is 12.7. The predicted molar refractivity (Wildman–Crippen MR) is 77.9 cm³/mol. The Balaban J connectivity index is 0.00000220. The molecule has 0 amide bonds. The van der Waals surface area contributed by atoms with Gasteiger partial charge < -0.3 is 10.4 Å². The summed E-state index contributed by atoms with van der Waals surface area (Å²) in [5.74, 6) is -3.97. The van der Waals surface area contributed by atoms with Crippen LogP contribution in [0.15, 0.2) is 18.2 Å². The first kappa shape index (κ1) is 18.5. The van der Waals surface area contributed by atoms with Crippen LogP contribution in [0.2, 0.25) is 5.02 Å². The van der Waals surface area contributed by atoms with Gasteiger partial charge in [0.1, 0.15) is 18.5 Å². The highest BCUT2D eigenvalue weighted by atomic mass is 35.5. The van der Waals surface area contributed by atoms with Crippen LogP contribution in [0.4, 0.5) is 13.2 Å². The molecule has 0 spiro atoms. The van der Waals surface area contributed by atoms with E-state index < -0.39 is 24.4 Å². The third-order valence-electron chi connectivity index (χ3n) is 3.39. The van der Waals surface area contributed by atoms with Crippen LogP contribution in [-0.4, -0.2) is 48.7 Å². The molecule has 0 aromatic heterocycles. The second-order valence-corrected chi connectivity index (χ2v) is 5.19. The number of benzene rings is 1. The summed E-state index contributed by atoms with van der Waals surface area (Å²) >= 11 is 5.68. The number of halogens is 5. The van der Waals surface area contributed by atoms with Crippen LogP contribution in [0, 0.1) is 5.82 Å². The highest BCUT2D eigenvalue weighted by Gasteiger charge is 2.44. The molecule has 1 fully saturated rings. The summed E-state index contributed by atoms with van der Waals surface area (Å²) in [5, 5.41) is 11.9. The summed E-state index contributed by atoms with van der Waals surface area (Å²) < 4.78 is 41.3. The molecule has 0 radical (unpaired) electrons. The summed E-state index contributed by atoms with van der Waals surface area (Å²) in [6.07, 6.45) is 0. The van der Waals surface area contributed by atoms with Gasteiger partial charge >= 0.3 is 0 Å². The van der Waals surface area contributed by atoms with Crippen LogP contribution in [-0.2, 0) is 0 Å². The number of nitrogens with zero attached hydrogens (tertiary/aromatic N) is 1. The summed E-state index contributed by atoms with van der Waals surface area (Å²) in [5.41, 5.74) is 0.206. The van der Waals surface area contributed by atoms with Crippen molar-refractivity contribution in [2.45, 2.75) is 12.0 Å². The number of rotatable bonds is 4. The zero-order chi connectivity index (χ0) is 14.8. The molecule has 0 aliphatic carbocycles. The van der Waals surface area contributed by atoms with Gasteiger partial charge in [0.2, 0.25) is 0 Å². The summed E-state index contributed by atoms with van der Waals surface area (Å²) in [7, 11) is 0. The van der Waals surface area contributed by atoms with Crippen LogP contribution < -0.4 is 5.32 Å². The first-order valence-electron chi connectivity index (χ1n) is 6.34. The second kappa shape index (κ2) is 7.65. The molecular formula is C13H17Cl2F3N2O. The molecule has 8 heteroatoms. The molecule has 2 N–H and O–H groups in total. The lowest BCUT2D eigenvalue weighted by molar-refractivity contribution is -0.118. The Kier molecular flexibility index (Phi) is 6.74. The summed E-state index contributed by atoms with van der Waals surface area (Å²) in [6, 6.07) is 2.25. The van der Waals surface area contributed by atoms with E-state index >= 15 is 0 Å². The van der Waals surface area contributed by atoms with Gasteiger partial charge in [0.25, 0.3) is 5.92 Å². The lowest BCUT2D eigenvalue weighted by Crippen LogP contribution is -2.51. The fourth-order valence-electron chi connectivity index (χ4n) is 2.43. The molecule has 21 heavy (non-hydrogen) atoms. The molecule has 1 atom stereocenters. The van der Waals surface area contributed by atoms with Crippen LogP contribution in [0.25, 0.3) is 0 Å². The topological polar surface area (TPSA) is 35.5 Å². The van der Waals surface area contributed by atoms with Crippen LogP contribution in [0.3, 0.4) is 0 Å². The first-order chi connectivity index (χ1) is 9.45. The molecule has 1 aliphatic rings. The molecule has 1 aliphatic heterocycles. The van der Waals surface area contributed by atoms with Gasteiger partial charge in [-0.05, 0) is 17.7 Å². The zero-order valence-electron chi connectivity index (χ0n) is 11.2. The normalized spacial score (nSPS) is 18.1. The Bertz CT molecular complexity index is 471. The molecular weight excluding hydrogens is 328 g/mol. The molecule has 1 heterocycles. The lowest BCUT2D eigenvalue weighted by atomic mass is 9.98. The van der Waals surface area contributed by atoms with Crippen molar-refractivity contribution < 1.29 is 18.3 Å². The smallest absolute Gasteiger partial charge is 0.289 e. The number of aliphatic hydroxyl groups is 1. The van der Waals surface area contributed by atoms with Crippen LogP contribution in [0.1, 0.15) is 11.6 Å². The number of nitrogens with one attached hydrogen (secondary N) is 1. The maximum absolute atomic E-state index is 14.1. The monoisotopic (exact) mass is 344 g/mol. The van der Waals surface area contributed by atoms with Crippen molar-refractivity contribution in [1.29, 1.82) is 0 Å². The van der Waals surface area contributed by atoms with E-state index in [1.807, 2.05) is 0 Å². The highest BCUT2D eigenvalue weighted by molar-refractivity contribution is 6.30. The maximum atomic E-state index is 14.1. The van der Waals surface area contributed by atoms with Crippen molar-refractivity contribution in [3.8, 4) is 0 Å². The van der Waals surface area contributed by atoms with Gasteiger partial charge in [-0.15, -0.1) is 12.4 Å². The van der Waals surface area contributed by atoms with Crippen molar-refractivity contribution >= 4 is 24.0 Å². The Morgan fingerprint density at radius 1 is 1.33 bits per heavy atom. The third-order valence-corrected chi connectivity index (χ3v) is 3.68. The number of alkyl halides is 2. The van der Waals surface area contributed by atoms with E-state index in [0.29, 0.717) is 26.2 Å². The SMILES string of the molecule is Cl.OCC(F)(F)[C@@H](c1ccc(F)c(Cl)c1)N1CCNCC1. The largest absolute Gasteiger partial charge is 0.390 e. The Morgan fingerprint density at radius 3 is 2.48 bits per heavy atom. The van der Waals surface area contributed by atoms with Crippen molar-refractivity contribution in [3.05, 3.63) is 34.6 Å². The van der Waals surface area contributed by atoms with Gasteiger partial charge in [-0.25, -0.2) is 13.2 Å². The van der Waals surface area contributed by atoms with Crippen molar-refractivity contribution in [1.82, 2.24) is 10.2 Å². The van der Waals surface area contributed by atoms with Gasteiger partial charge in [-0.2, -0.15) is 0 Å². The van der Waals surface area contributed by atoms with Crippen LogP contribution in [0.5, 0.6) is 0 Å². The Labute approximate surface area is 132 Å². The summed E-state index contributed by atoms with van der Waals surface area (Å²) in [4.78, 5) is 1.58. The van der Waals surface area contributed by atoms with E-state index in [-0.39, 0.29) is 23.0 Å². The average molecular weight is 345 g/mol. The van der Waals surface area contributed by atoms with Gasteiger partial charge in [-0.1, -0.05) is 17.7 Å². The molecule has 1 aromatic carbocycles. The molecule has 1 aromatic rings. The maximum Gasteiger partial charge on any atom is 0.289 e. The molecule has 3 nitrogen and oxygen atoms in total. The molecule has 0 unspecified atom stereocenters. The molecule has 1 saturated heterocycles. The molecule has 0 bridgehead atoms. The van der Waals surface area contributed by atoms with E-state index in [9.17, 15) is 13.2 Å². The molecule has 2 rings (SSSR count). The number of piperazine rings is 1. The second-order valence-electron chi connectivity index (χ2n) is 4.78. The standard InChI is InChI=1S/C13H16ClF3N2O.ClH/c14-10-7-9(1-2-11(10)15)12(13(16,17)8-20)19-5-3-18-4-6-19;/h1-2,7,12,18,20H,3-6,8H2;1H/t12-;/m1./s1. The Morgan fingerprint density at radius 2 is 1.95 bits per heavy atom. The predicted octanol–water partition coefficient (Wildman–Crippen LogP) is 2.47. The van der Waals surface area contributed by atoms with E-state index in [2.05, 4.69) is 5.32 Å². The van der Waals surface area contributed by atoms with Crippen molar-refractivity contribution in [2.75, 3.05) is 32.8 Å². The van der Waals surface area contributed by atoms with Crippen LogP contribution >= 0.6 is 24.0 Å². The number of hydrogen-bond donors (Lipinski definition) is 2. The third kappa shape index (κ3) is 4.23. The van der Waals surface area contributed by atoms with E-state index in [1.165, 1.54) is 12.1 Å². The quantitative estimate of drug-likeness (QED) is 0.880. The molecule has 0 saturated carbocycles. The van der Waals surface area contributed by atoms with E-state index in [1.54, 1.807) is 4.90 Å². The Hall–Kier alpha value is -0.530. The fourth-order valence-corrected chi connectivity index (χ4v) is 2.62. The van der Waals surface area contributed by atoms with Crippen molar-refractivity contribution in [3.63, 3.8) is 0 Å². The minimum absolute atomic E-state index is 0. The van der Waals surface area contributed by atoms with E-state index in [0.717, 1.165) is 6.07 Å². The summed E-state index contributed by atoms with van der Waals surface area (Å²) in [6.45, 7) is 0.765. The fraction of sp³-hybridized carbons (Fsp3) is 0.538. The first-order valence-corrected chi connectivity index (χ1v) is 6.72. The average Bonchev–Trinajstić information content (AvgIpc) is 2.44. The minimum atomic E-state index is -3.32. The van der Waals surface area contributed by atoms with Crippen molar-refractivity contribution in [2.24, 2.45) is 0 Å². The number of aliphatic hydroxyl groups excluding tert-OH is 1. The van der Waals surface area contributed by atoms with Gasteiger partial charge in [0.05, 0.1) is 5.02 Å². The van der Waals surface area contributed by atoms with E-state index in [4.69, 9.17) is 16.7 Å². The number of hydrogen-bond acceptors (Lipinski definition) is 3. The minimum Gasteiger partial charge on any atom is -0.390 e. The van der Waals surface area contributed by atoms with Gasteiger partial charge in [0, 0.05) is 26.2 Å². The van der Waals surface area contributed by atoms with Gasteiger partial charge in [-0.3, -0.25) is 4.90 Å². The van der Waals surface area contributed by atoms with Gasteiger partial charge in [0.15, 0.2) is 0 Å². The molecule has 120 valence electrons. The lowest BCUT2D eigenvalue weighted by Gasteiger charge is -2.38. The highest BCUT2D eigenvalue weighted by Crippen LogP contribution is 2.37.